The summed E-state index contributed by atoms with van der Waals surface area (Å²) in [5, 5.41) is 3.56. The summed E-state index contributed by atoms with van der Waals surface area (Å²) in [6, 6.07) is 0.727. The summed E-state index contributed by atoms with van der Waals surface area (Å²) in [5.41, 5.74) is 0.422. The van der Waals surface area contributed by atoms with Crippen LogP contribution < -0.4 is 5.32 Å². The summed E-state index contributed by atoms with van der Waals surface area (Å²) in [5.74, 6) is 0.792. The number of rotatable bonds is 8. The molecule has 3 atom stereocenters. The first-order valence-corrected chi connectivity index (χ1v) is 8.01. The Morgan fingerprint density at radius 1 is 1.26 bits per heavy atom. The Labute approximate surface area is 120 Å². The van der Waals surface area contributed by atoms with Gasteiger partial charge in [-0.15, -0.1) is 0 Å². The van der Waals surface area contributed by atoms with E-state index in [9.17, 15) is 0 Å². The molecule has 1 aliphatic heterocycles. The van der Waals surface area contributed by atoms with Crippen LogP contribution in [0, 0.1) is 11.3 Å². The Morgan fingerprint density at radius 2 is 1.95 bits per heavy atom. The Hall–Kier alpha value is -0.120. The quantitative estimate of drug-likeness (QED) is 0.729. The fourth-order valence-corrected chi connectivity index (χ4v) is 3.64. The molecule has 1 aliphatic rings. The van der Waals surface area contributed by atoms with Gasteiger partial charge in [0.1, 0.15) is 0 Å². The van der Waals surface area contributed by atoms with Gasteiger partial charge in [0.15, 0.2) is 0 Å². The molecule has 114 valence electrons. The highest BCUT2D eigenvalue weighted by Crippen LogP contribution is 2.28. The van der Waals surface area contributed by atoms with E-state index in [-0.39, 0.29) is 0 Å². The third kappa shape index (κ3) is 5.05. The minimum atomic E-state index is 0.422. The van der Waals surface area contributed by atoms with E-state index >= 15 is 0 Å². The van der Waals surface area contributed by atoms with Gasteiger partial charge < -0.3 is 15.1 Å². The largest absolute Gasteiger partial charge is 0.316 e. The van der Waals surface area contributed by atoms with Crippen LogP contribution in [0.25, 0.3) is 0 Å². The Balaban J connectivity index is 2.55. The second kappa shape index (κ2) is 7.61. The van der Waals surface area contributed by atoms with Crippen molar-refractivity contribution < 1.29 is 0 Å². The van der Waals surface area contributed by atoms with Crippen molar-refractivity contribution in [2.75, 3.05) is 46.8 Å². The Morgan fingerprint density at radius 3 is 2.42 bits per heavy atom. The topological polar surface area (TPSA) is 18.5 Å². The summed E-state index contributed by atoms with van der Waals surface area (Å²) in [6.45, 7) is 15.3. The molecule has 0 saturated carbocycles. The summed E-state index contributed by atoms with van der Waals surface area (Å²) < 4.78 is 0. The van der Waals surface area contributed by atoms with Crippen LogP contribution >= 0.6 is 0 Å². The van der Waals surface area contributed by atoms with Gasteiger partial charge >= 0.3 is 0 Å². The molecular formula is C16H35N3. The number of likely N-dealkylation sites (tertiary alicyclic amines) is 1. The van der Waals surface area contributed by atoms with Crippen molar-refractivity contribution in [2.45, 2.75) is 46.6 Å². The fraction of sp³-hybridized carbons (Fsp3) is 1.00. The lowest BCUT2D eigenvalue weighted by Crippen LogP contribution is -2.42. The Kier molecular flexibility index (Phi) is 6.78. The molecule has 0 aliphatic carbocycles. The standard InChI is InChI=1S/C16H35N3/c1-7-9-16(4,12-17-8-2)13-19-10-14(3)15(11-19)18(5)6/h14-15,17H,7-13H2,1-6H3. The van der Waals surface area contributed by atoms with E-state index < -0.39 is 0 Å². The predicted molar refractivity (Wildman–Crippen MR) is 84.6 cm³/mol. The molecule has 1 rings (SSSR count). The first-order valence-electron chi connectivity index (χ1n) is 8.01. The summed E-state index contributed by atoms with van der Waals surface area (Å²) in [6.07, 6.45) is 2.60. The zero-order chi connectivity index (χ0) is 14.5. The fourth-order valence-electron chi connectivity index (χ4n) is 3.64. The molecular weight excluding hydrogens is 234 g/mol. The van der Waals surface area contributed by atoms with E-state index in [1.807, 2.05) is 0 Å². The van der Waals surface area contributed by atoms with Crippen LogP contribution in [0.3, 0.4) is 0 Å². The number of nitrogens with one attached hydrogen (secondary N) is 1. The van der Waals surface area contributed by atoms with E-state index in [1.54, 1.807) is 0 Å². The van der Waals surface area contributed by atoms with E-state index in [0.717, 1.165) is 25.0 Å². The van der Waals surface area contributed by atoms with Crippen molar-refractivity contribution in [1.82, 2.24) is 15.1 Å². The molecule has 0 bridgehead atoms. The smallest absolute Gasteiger partial charge is 0.0254 e. The van der Waals surface area contributed by atoms with Gasteiger partial charge in [0.2, 0.25) is 0 Å². The van der Waals surface area contributed by atoms with Crippen LogP contribution in [0.15, 0.2) is 0 Å². The van der Waals surface area contributed by atoms with Crippen molar-refractivity contribution in [2.24, 2.45) is 11.3 Å². The zero-order valence-corrected chi connectivity index (χ0v) is 14.0. The summed E-state index contributed by atoms with van der Waals surface area (Å²) in [7, 11) is 4.43. The van der Waals surface area contributed by atoms with Gasteiger partial charge in [0.05, 0.1) is 0 Å². The van der Waals surface area contributed by atoms with Crippen molar-refractivity contribution in [1.29, 1.82) is 0 Å². The van der Waals surface area contributed by atoms with Crippen molar-refractivity contribution >= 4 is 0 Å². The average molecular weight is 269 g/mol. The van der Waals surface area contributed by atoms with Gasteiger partial charge in [-0.05, 0) is 38.4 Å². The molecule has 19 heavy (non-hydrogen) atoms. The van der Waals surface area contributed by atoms with Crippen LogP contribution in [0.2, 0.25) is 0 Å². The van der Waals surface area contributed by atoms with E-state index in [2.05, 4.69) is 56.9 Å². The third-order valence-corrected chi connectivity index (χ3v) is 4.57. The number of hydrogen-bond donors (Lipinski definition) is 1. The van der Waals surface area contributed by atoms with E-state index in [1.165, 1.54) is 32.5 Å². The maximum absolute atomic E-state index is 3.56. The lowest BCUT2D eigenvalue weighted by Gasteiger charge is -2.34. The molecule has 1 N–H and O–H groups in total. The molecule has 1 heterocycles. The first kappa shape index (κ1) is 16.9. The maximum Gasteiger partial charge on any atom is 0.0254 e. The van der Waals surface area contributed by atoms with Crippen LogP contribution in [0.5, 0.6) is 0 Å². The third-order valence-electron chi connectivity index (χ3n) is 4.57. The molecule has 1 fully saturated rings. The van der Waals surface area contributed by atoms with Gasteiger partial charge in [-0.1, -0.05) is 34.1 Å². The molecule has 3 nitrogen and oxygen atoms in total. The molecule has 0 radical (unpaired) electrons. The monoisotopic (exact) mass is 269 g/mol. The molecule has 3 heteroatoms. The van der Waals surface area contributed by atoms with Gasteiger partial charge in [-0.3, -0.25) is 0 Å². The summed E-state index contributed by atoms with van der Waals surface area (Å²) >= 11 is 0. The molecule has 0 aromatic heterocycles. The molecule has 0 spiro atoms. The van der Waals surface area contributed by atoms with Crippen molar-refractivity contribution in [3.05, 3.63) is 0 Å². The summed E-state index contributed by atoms with van der Waals surface area (Å²) in [4.78, 5) is 5.08. The van der Waals surface area contributed by atoms with Gasteiger partial charge in [0.25, 0.3) is 0 Å². The first-order chi connectivity index (χ1) is 8.91. The van der Waals surface area contributed by atoms with Crippen LogP contribution in [0.1, 0.15) is 40.5 Å². The lowest BCUT2D eigenvalue weighted by molar-refractivity contribution is 0.164. The molecule has 0 aromatic rings. The minimum absolute atomic E-state index is 0.422. The zero-order valence-electron chi connectivity index (χ0n) is 14.0. The van der Waals surface area contributed by atoms with Crippen LogP contribution in [0.4, 0.5) is 0 Å². The number of hydrogen-bond acceptors (Lipinski definition) is 3. The van der Waals surface area contributed by atoms with Gasteiger partial charge in [0, 0.05) is 32.2 Å². The normalized spacial score (nSPS) is 27.9. The van der Waals surface area contributed by atoms with Gasteiger partial charge in [-0.2, -0.15) is 0 Å². The van der Waals surface area contributed by atoms with Gasteiger partial charge in [-0.25, -0.2) is 0 Å². The highest BCUT2D eigenvalue weighted by atomic mass is 15.2. The van der Waals surface area contributed by atoms with Crippen molar-refractivity contribution in [3.63, 3.8) is 0 Å². The maximum atomic E-state index is 3.56. The predicted octanol–water partition coefficient (Wildman–Crippen LogP) is 2.28. The second-order valence-electron chi connectivity index (χ2n) is 7.04. The SMILES string of the molecule is CCCC(C)(CNCC)CN1CC(C)C(N(C)C)C1. The minimum Gasteiger partial charge on any atom is -0.316 e. The van der Waals surface area contributed by atoms with Crippen LogP contribution in [-0.2, 0) is 0 Å². The number of likely N-dealkylation sites (N-methyl/N-ethyl adjacent to an activating group) is 1. The van der Waals surface area contributed by atoms with E-state index in [0.29, 0.717) is 5.41 Å². The highest BCUT2D eigenvalue weighted by Gasteiger charge is 2.34. The lowest BCUT2D eigenvalue weighted by atomic mass is 9.85. The van der Waals surface area contributed by atoms with Crippen molar-refractivity contribution in [3.8, 4) is 0 Å². The molecule has 3 unspecified atom stereocenters. The second-order valence-corrected chi connectivity index (χ2v) is 7.04. The molecule has 0 aromatic carbocycles. The molecule has 1 saturated heterocycles. The average Bonchev–Trinajstić information content (AvgIpc) is 2.68. The molecule has 0 amide bonds. The highest BCUT2D eigenvalue weighted by molar-refractivity contribution is 4.90. The number of nitrogens with zero attached hydrogens (tertiary/aromatic N) is 2. The van der Waals surface area contributed by atoms with E-state index in [4.69, 9.17) is 0 Å². The Bertz CT molecular complexity index is 254. The van der Waals surface area contributed by atoms with Crippen LogP contribution in [-0.4, -0.2) is 62.7 Å².